The third-order valence-electron chi connectivity index (χ3n) is 2.17. The van der Waals surface area contributed by atoms with E-state index >= 15 is 0 Å². The van der Waals surface area contributed by atoms with Gasteiger partial charge in [0.2, 0.25) is 0 Å². The van der Waals surface area contributed by atoms with Crippen molar-refractivity contribution in [2.24, 2.45) is 0 Å². The highest BCUT2D eigenvalue weighted by Crippen LogP contribution is 2.24. The van der Waals surface area contributed by atoms with Crippen LogP contribution < -0.4 is 5.32 Å². The predicted molar refractivity (Wildman–Crippen MR) is 71.1 cm³/mol. The van der Waals surface area contributed by atoms with Gasteiger partial charge in [-0.3, -0.25) is 0 Å². The highest BCUT2D eigenvalue weighted by Gasteiger charge is 2.10. The van der Waals surface area contributed by atoms with Crippen molar-refractivity contribution in [1.82, 2.24) is 8.75 Å². The van der Waals surface area contributed by atoms with E-state index in [4.69, 9.17) is 11.6 Å². The molecule has 0 fully saturated rings. The van der Waals surface area contributed by atoms with Gasteiger partial charge in [0.05, 0.1) is 17.8 Å². The van der Waals surface area contributed by atoms with Crippen LogP contribution in [0.25, 0.3) is 0 Å². The molecule has 0 spiro atoms. The van der Waals surface area contributed by atoms with E-state index in [2.05, 4.69) is 49.1 Å². The number of aromatic nitrogens is 2. The summed E-state index contributed by atoms with van der Waals surface area (Å²) in [5, 5.41) is 3.64. The first kappa shape index (κ1) is 11.8. The molecule has 6 heteroatoms. The molecular weight excluding hydrogens is 310 g/mol. The van der Waals surface area contributed by atoms with E-state index in [9.17, 15) is 0 Å². The number of rotatable bonds is 3. The zero-order chi connectivity index (χ0) is 11.5. The normalized spacial score (nSPS) is 12.4. The quantitative estimate of drug-likeness (QED) is 0.924. The van der Waals surface area contributed by atoms with Crippen LogP contribution in [0.4, 0.5) is 5.82 Å². The summed E-state index contributed by atoms with van der Waals surface area (Å²) in [6.45, 7) is 2.05. The second-order valence-electron chi connectivity index (χ2n) is 3.32. The molecule has 0 amide bonds. The van der Waals surface area contributed by atoms with Crippen LogP contribution in [-0.2, 0) is 0 Å². The van der Waals surface area contributed by atoms with Gasteiger partial charge in [-0.05, 0) is 24.6 Å². The first-order valence-electron chi connectivity index (χ1n) is 4.67. The maximum absolute atomic E-state index is 5.86. The van der Waals surface area contributed by atoms with Crippen LogP contribution in [0, 0.1) is 0 Å². The zero-order valence-corrected chi connectivity index (χ0v) is 11.6. The smallest absolute Gasteiger partial charge is 0.186 e. The van der Waals surface area contributed by atoms with Crippen molar-refractivity contribution in [3.8, 4) is 0 Å². The summed E-state index contributed by atoms with van der Waals surface area (Å²) in [6, 6.07) is 8.27. The summed E-state index contributed by atoms with van der Waals surface area (Å²) in [7, 11) is 0. The number of halogens is 2. The molecule has 1 unspecified atom stereocenters. The third kappa shape index (κ3) is 2.72. The minimum absolute atomic E-state index is 0.148. The van der Waals surface area contributed by atoms with Gasteiger partial charge in [0.1, 0.15) is 0 Å². The molecule has 2 rings (SSSR count). The average Bonchev–Trinajstić information content (AvgIpc) is 2.65. The van der Waals surface area contributed by atoms with Crippen LogP contribution in [0.5, 0.6) is 0 Å². The van der Waals surface area contributed by atoms with Crippen LogP contribution in [0.3, 0.4) is 0 Å². The average molecular weight is 319 g/mol. The lowest BCUT2D eigenvalue weighted by atomic mass is 10.1. The molecule has 84 valence electrons. The number of benzene rings is 1. The molecule has 1 atom stereocenters. The highest BCUT2D eigenvalue weighted by molar-refractivity contribution is 9.10. The Labute approximate surface area is 111 Å². The summed E-state index contributed by atoms with van der Waals surface area (Å²) in [5.74, 6) is 0.641. The summed E-state index contributed by atoms with van der Waals surface area (Å²) in [6.07, 6.45) is 0. The monoisotopic (exact) mass is 317 g/mol. The van der Waals surface area contributed by atoms with Crippen LogP contribution in [0.15, 0.2) is 28.7 Å². The van der Waals surface area contributed by atoms with Crippen molar-refractivity contribution < 1.29 is 0 Å². The topological polar surface area (TPSA) is 37.8 Å². The van der Waals surface area contributed by atoms with E-state index in [-0.39, 0.29) is 6.04 Å². The molecule has 0 aliphatic carbocycles. The lowest BCUT2D eigenvalue weighted by Gasteiger charge is -2.13. The minimum Gasteiger partial charge on any atom is -0.360 e. The van der Waals surface area contributed by atoms with Crippen molar-refractivity contribution in [2.75, 3.05) is 5.32 Å². The third-order valence-corrected chi connectivity index (χ3v) is 3.59. The van der Waals surface area contributed by atoms with Crippen molar-refractivity contribution in [3.63, 3.8) is 0 Å². The summed E-state index contributed by atoms with van der Waals surface area (Å²) < 4.78 is 9.05. The minimum atomic E-state index is 0.148. The fourth-order valence-corrected chi connectivity index (χ4v) is 2.23. The lowest BCUT2D eigenvalue weighted by Crippen LogP contribution is -2.06. The van der Waals surface area contributed by atoms with Gasteiger partial charge in [-0.15, -0.1) is 0 Å². The molecule has 0 bridgehead atoms. The first-order valence-corrected chi connectivity index (χ1v) is 6.57. The van der Waals surface area contributed by atoms with E-state index in [1.807, 2.05) is 12.1 Å². The van der Waals surface area contributed by atoms with Gasteiger partial charge in [0.15, 0.2) is 11.0 Å². The SMILES string of the molecule is CC(Nc1nsnc1Cl)c1ccc(Br)cc1. The van der Waals surface area contributed by atoms with Gasteiger partial charge in [0, 0.05) is 4.47 Å². The molecular formula is C10H9BrClN3S. The van der Waals surface area contributed by atoms with Gasteiger partial charge in [-0.1, -0.05) is 39.7 Å². The Hall–Kier alpha value is -0.650. The Bertz CT molecular complexity index is 471. The van der Waals surface area contributed by atoms with Gasteiger partial charge in [-0.2, -0.15) is 8.75 Å². The summed E-state index contributed by atoms with van der Waals surface area (Å²) in [5.41, 5.74) is 1.17. The Morgan fingerprint density at radius 3 is 2.56 bits per heavy atom. The van der Waals surface area contributed by atoms with Gasteiger partial charge in [0.25, 0.3) is 0 Å². The van der Waals surface area contributed by atoms with Gasteiger partial charge >= 0.3 is 0 Å². The molecule has 1 N–H and O–H groups in total. The van der Waals surface area contributed by atoms with Crippen molar-refractivity contribution in [2.45, 2.75) is 13.0 Å². The molecule has 1 heterocycles. The fourth-order valence-electron chi connectivity index (χ4n) is 1.30. The van der Waals surface area contributed by atoms with E-state index in [1.54, 1.807) is 0 Å². The molecule has 1 aromatic heterocycles. The van der Waals surface area contributed by atoms with E-state index in [0.717, 1.165) is 16.2 Å². The molecule has 0 aliphatic rings. The summed E-state index contributed by atoms with van der Waals surface area (Å²) >= 11 is 10.4. The standard InChI is InChI=1S/C10H9BrClN3S/c1-6(7-2-4-8(11)5-3-7)13-10-9(12)14-16-15-10/h2-6H,1H3,(H,13,15). The maximum atomic E-state index is 5.86. The number of nitrogens with one attached hydrogen (secondary N) is 1. The Balaban J connectivity index is 2.11. The molecule has 16 heavy (non-hydrogen) atoms. The molecule has 0 radical (unpaired) electrons. The predicted octanol–water partition coefficient (Wildman–Crippen LogP) is 4.13. The van der Waals surface area contributed by atoms with E-state index in [0.29, 0.717) is 11.0 Å². The fraction of sp³-hybridized carbons (Fsp3) is 0.200. The molecule has 1 aromatic carbocycles. The number of nitrogens with zero attached hydrogens (tertiary/aromatic N) is 2. The van der Waals surface area contributed by atoms with Crippen molar-refractivity contribution in [1.29, 1.82) is 0 Å². The largest absolute Gasteiger partial charge is 0.360 e. The van der Waals surface area contributed by atoms with Crippen molar-refractivity contribution >= 4 is 45.1 Å². The van der Waals surface area contributed by atoms with Gasteiger partial charge in [-0.25, -0.2) is 0 Å². The van der Waals surface area contributed by atoms with Crippen molar-refractivity contribution in [3.05, 3.63) is 39.5 Å². The second-order valence-corrected chi connectivity index (χ2v) is 5.12. The van der Waals surface area contributed by atoms with E-state index < -0.39 is 0 Å². The van der Waals surface area contributed by atoms with Crippen LogP contribution in [0.1, 0.15) is 18.5 Å². The number of anilines is 1. The summed E-state index contributed by atoms with van der Waals surface area (Å²) in [4.78, 5) is 0. The number of hydrogen-bond acceptors (Lipinski definition) is 4. The Morgan fingerprint density at radius 1 is 1.31 bits per heavy atom. The Morgan fingerprint density at radius 2 is 2.00 bits per heavy atom. The Kier molecular flexibility index (Phi) is 3.78. The molecule has 2 aromatic rings. The van der Waals surface area contributed by atoms with Crippen LogP contribution in [0.2, 0.25) is 5.15 Å². The second kappa shape index (κ2) is 5.12. The highest BCUT2D eigenvalue weighted by atomic mass is 79.9. The lowest BCUT2D eigenvalue weighted by molar-refractivity contribution is 0.878. The molecule has 0 aliphatic heterocycles. The molecule has 0 saturated heterocycles. The molecule has 0 saturated carbocycles. The van der Waals surface area contributed by atoms with Gasteiger partial charge < -0.3 is 5.32 Å². The van der Waals surface area contributed by atoms with Crippen LogP contribution in [-0.4, -0.2) is 8.75 Å². The van der Waals surface area contributed by atoms with E-state index in [1.165, 1.54) is 5.56 Å². The first-order chi connectivity index (χ1) is 7.66. The zero-order valence-electron chi connectivity index (χ0n) is 8.45. The molecule has 3 nitrogen and oxygen atoms in total. The number of hydrogen-bond donors (Lipinski definition) is 1. The maximum Gasteiger partial charge on any atom is 0.186 e. The van der Waals surface area contributed by atoms with Crippen LogP contribution >= 0.6 is 39.3 Å².